The summed E-state index contributed by atoms with van der Waals surface area (Å²) >= 11 is 0. The lowest BCUT2D eigenvalue weighted by atomic mass is 9.80. The van der Waals surface area contributed by atoms with E-state index in [2.05, 4.69) is 92.6 Å². The molecule has 0 spiro atoms. The van der Waals surface area contributed by atoms with Crippen molar-refractivity contribution in [3.05, 3.63) is 167 Å². The van der Waals surface area contributed by atoms with Crippen LogP contribution in [0.5, 0.6) is 5.75 Å². The Kier molecular flexibility index (Phi) is 21.7. The molecule has 5 aromatic rings. The van der Waals surface area contributed by atoms with Crippen LogP contribution in [0.3, 0.4) is 0 Å². The number of carbonyl (C=O) groups is 3. The number of methoxy groups -OCH3 is 1. The van der Waals surface area contributed by atoms with Gasteiger partial charge in [-0.1, -0.05) is 118 Å². The van der Waals surface area contributed by atoms with E-state index in [4.69, 9.17) is 4.74 Å². The lowest BCUT2D eigenvalue weighted by Gasteiger charge is -2.38. The SMILES string of the molecule is CCC(Cc1ccccc1)(C(=O)c1ccc(C)cc1)N(C)C.CCC(Cc1ccccc1)(C(=O)c1ccc(OC)cc1)N(C)C.CCN(CC)c1ccc(C(=O)C(C)(C)N(CC)CC)cc1. The highest BCUT2D eigenvalue weighted by molar-refractivity contribution is 6.04. The Morgan fingerprint density at radius 1 is 0.485 bits per heavy atom. The van der Waals surface area contributed by atoms with Crippen LogP contribution in [0.25, 0.3) is 0 Å². The summed E-state index contributed by atoms with van der Waals surface area (Å²) in [7, 11) is 9.58. The third-order valence-electron chi connectivity index (χ3n) is 13.4. The molecule has 5 rings (SSSR count). The van der Waals surface area contributed by atoms with Crippen LogP contribution in [0.1, 0.15) is 116 Å². The molecule has 0 aliphatic rings. The highest BCUT2D eigenvalue weighted by Crippen LogP contribution is 2.30. The number of hydrogen-bond acceptors (Lipinski definition) is 8. The maximum atomic E-state index is 13.3. The molecular weight excluding hydrogens is 817 g/mol. The van der Waals surface area contributed by atoms with Gasteiger partial charge in [-0.3, -0.25) is 29.1 Å². The van der Waals surface area contributed by atoms with Crippen LogP contribution in [0.4, 0.5) is 5.69 Å². The van der Waals surface area contributed by atoms with Gasteiger partial charge in [-0.05, 0) is 161 Å². The smallest absolute Gasteiger partial charge is 0.183 e. The molecule has 0 heterocycles. The minimum Gasteiger partial charge on any atom is -0.497 e. The Morgan fingerprint density at radius 3 is 1.18 bits per heavy atom. The second-order valence-corrected chi connectivity index (χ2v) is 17.9. The standard InChI is InChI=1S/C20H25NO2.C20H25NO.C18H30N2O/c1-5-20(21(2)3,15-16-9-7-6-8-10-16)19(22)17-11-13-18(23-4)14-12-17;1-5-20(21(3)4,15-17-9-7-6-8-10-17)19(22)18-13-11-16(2)12-14-18;1-7-19(8-2)16-13-11-15(12-14-16)17(21)18(5,6)20(9-3)10-4/h6-14H,5,15H2,1-4H3;6-14H,5,15H2,1-4H3;11-14H,7-10H2,1-6H3. The molecule has 66 heavy (non-hydrogen) atoms. The summed E-state index contributed by atoms with van der Waals surface area (Å²) < 4.78 is 5.18. The van der Waals surface area contributed by atoms with Crippen LogP contribution in [0.15, 0.2) is 133 Å². The maximum Gasteiger partial charge on any atom is 0.183 e. The van der Waals surface area contributed by atoms with Crippen LogP contribution < -0.4 is 9.64 Å². The number of ketones is 3. The fourth-order valence-corrected chi connectivity index (χ4v) is 8.86. The van der Waals surface area contributed by atoms with Gasteiger partial charge in [-0.2, -0.15) is 0 Å². The van der Waals surface area contributed by atoms with E-state index in [1.165, 1.54) is 22.4 Å². The van der Waals surface area contributed by atoms with Gasteiger partial charge >= 0.3 is 0 Å². The van der Waals surface area contributed by atoms with Crippen LogP contribution >= 0.6 is 0 Å². The van der Waals surface area contributed by atoms with E-state index in [1.54, 1.807) is 7.11 Å². The summed E-state index contributed by atoms with van der Waals surface area (Å²) in [5.74, 6) is 1.30. The molecule has 0 aromatic heterocycles. The third kappa shape index (κ3) is 13.8. The summed E-state index contributed by atoms with van der Waals surface area (Å²) in [5, 5.41) is 0. The minimum atomic E-state index is -0.546. The van der Waals surface area contributed by atoms with Gasteiger partial charge in [0.15, 0.2) is 17.3 Å². The third-order valence-corrected chi connectivity index (χ3v) is 13.4. The molecule has 2 unspecified atom stereocenters. The zero-order chi connectivity index (χ0) is 49.1. The van der Waals surface area contributed by atoms with Crippen molar-refractivity contribution in [3.63, 3.8) is 0 Å². The lowest BCUT2D eigenvalue weighted by Crippen LogP contribution is -2.52. The Morgan fingerprint density at radius 2 is 0.848 bits per heavy atom. The van der Waals surface area contributed by atoms with Gasteiger partial charge < -0.3 is 9.64 Å². The number of aryl methyl sites for hydroxylation is 1. The van der Waals surface area contributed by atoms with Crippen molar-refractivity contribution in [1.82, 2.24) is 14.7 Å². The van der Waals surface area contributed by atoms with Crippen molar-refractivity contribution in [2.45, 2.75) is 105 Å². The summed E-state index contributed by atoms with van der Waals surface area (Å²) in [6.45, 7) is 22.4. The first-order valence-corrected chi connectivity index (χ1v) is 23.8. The van der Waals surface area contributed by atoms with Crippen molar-refractivity contribution in [3.8, 4) is 5.75 Å². The predicted octanol–water partition coefficient (Wildman–Crippen LogP) is 11.8. The summed E-state index contributed by atoms with van der Waals surface area (Å²) in [6.07, 6.45) is 2.95. The number of ether oxygens (including phenoxy) is 1. The first kappa shape index (κ1) is 54.9. The molecule has 0 N–H and O–H groups in total. The molecular formula is C58H80N4O4. The second kappa shape index (κ2) is 26.1. The van der Waals surface area contributed by atoms with E-state index in [1.807, 2.05) is 151 Å². The van der Waals surface area contributed by atoms with E-state index >= 15 is 0 Å². The van der Waals surface area contributed by atoms with Gasteiger partial charge in [0.05, 0.1) is 23.7 Å². The van der Waals surface area contributed by atoms with E-state index in [0.29, 0.717) is 6.42 Å². The average molecular weight is 897 g/mol. The van der Waals surface area contributed by atoms with Crippen molar-refractivity contribution >= 4 is 23.0 Å². The molecule has 0 saturated heterocycles. The van der Waals surface area contributed by atoms with Gasteiger partial charge in [0.25, 0.3) is 0 Å². The number of hydrogen-bond donors (Lipinski definition) is 0. The Balaban J connectivity index is 0.000000263. The fraction of sp³-hybridized carbons (Fsp3) is 0.431. The van der Waals surface area contributed by atoms with Gasteiger partial charge in [0, 0.05) is 35.5 Å². The van der Waals surface area contributed by atoms with Crippen molar-refractivity contribution in [2.75, 3.05) is 66.4 Å². The number of anilines is 1. The molecule has 356 valence electrons. The van der Waals surface area contributed by atoms with Crippen molar-refractivity contribution in [2.24, 2.45) is 0 Å². The largest absolute Gasteiger partial charge is 0.497 e. The van der Waals surface area contributed by atoms with Crippen molar-refractivity contribution < 1.29 is 19.1 Å². The lowest BCUT2D eigenvalue weighted by molar-refractivity contribution is 0.0661. The number of rotatable bonds is 21. The first-order valence-electron chi connectivity index (χ1n) is 23.8. The van der Waals surface area contributed by atoms with E-state index in [0.717, 1.165) is 67.9 Å². The molecule has 2 atom stereocenters. The number of benzene rings is 5. The highest BCUT2D eigenvalue weighted by Gasteiger charge is 2.41. The van der Waals surface area contributed by atoms with Crippen LogP contribution in [0, 0.1) is 6.92 Å². The zero-order valence-corrected chi connectivity index (χ0v) is 42.8. The van der Waals surface area contributed by atoms with Gasteiger partial charge in [-0.25, -0.2) is 0 Å². The molecule has 8 heteroatoms. The Bertz CT molecular complexity index is 2200. The normalized spacial score (nSPS) is 13.1. The molecule has 0 aliphatic carbocycles. The summed E-state index contributed by atoms with van der Waals surface area (Å²) in [4.78, 5) is 47.9. The molecule has 5 aromatic carbocycles. The number of likely N-dealkylation sites (N-methyl/N-ethyl adjacent to an activating group) is 3. The molecule has 0 fully saturated rings. The fourth-order valence-electron chi connectivity index (χ4n) is 8.86. The average Bonchev–Trinajstić information content (AvgIpc) is 3.34. The van der Waals surface area contributed by atoms with E-state index in [9.17, 15) is 14.4 Å². The molecule has 0 amide bonds. The van der Waals surface area contributed by atoms with Crippen molar-refractivity contribution in [1.29, 1.82) is 0 Å². The quantitative estimate of drug-likeness (QED) is 0.0675. The summed E-state index contributed by atoms with van der Waals surface area (Å²) in [5.41, 5.74) is 5.51. The zero-order valence-electron chi connectivity index (χ0n) is 42.8. The number of nitrogens with zero attached hydrogens (tertiary/aromatic N) is 4. The molecule has 0 aliphatic heterocycles. The molecule has 0 radical (unpaired) electrons. The van der Waals surface area contributed by atoms with E-state index in [-0.39, 0.29) is 17.3 Å². The number of carbonyl (C=O) groups excluding carboxylic acids is 3. The summed E-state index contributed by atoms with van der Waals surface area (Å²) in [6, 6.07) is 43.7. The van der Waals surface area contributed by atoms with Gasteiger partial charge in [0.1, 0.15) is 5.75 Å². The topological polar surface area (TPSA) is 73.4 Å². The molecule has 0 bridgehead atoms. The monoisotopic (exact) mass is 897 g/mol. The van der Waals surface area contributed by atoms with Crippen LogP contribution in [-0.4, -0.2) is 110 Å². The molecule has 0 saturated carbocycles. The van der Waals surface area contributed by atoms with Crippen LogP contribution in [-0.2, 0) is 12.8 Å². The van der Waals surface area contributed by atoms with Crippen LogP contribution in [0.2, 0.25) is 0 Å². The predicted molar refractivity (Wildman–Crippen MR) is 278 cm³/mol. The Hall–Kier alpha value is -5.41. The van der Waals surface area contributed by atoms with Gasteiger partial charge in [0.2, 0.25) is 0 Å². The van der Waals surface area contributed by atoms with E-state index < -0.39 is 16.6 Å². The Labute approximate surface area is 399 Å². The van der Waals surface area contributed by atoms with Gasteiger partial charge in [-0.15, -0.1) is 0 Å². The number of Topliss-reactive ketones (excluding diaryl/α,β-unsaturated/α-hetero) is 3. The highest BCUT2D eigenvalue weighted by atomic mass is 16.5. The first-order chi connectivity index (χ1) is 31.4. The minimum absolute atomic E-state index is 0.150. The second-order valence-electron chi connectivity index (χ2n) is 17.9. The molecule has 8 nitrogen and oxygen atoms in total. The maximum absolute atomic E-state index is 13.3.